The van der Waals surface area contributed by atoms with Gasteiger partial charge in [-0.1, -0.05) is 6.07 Å². The van der Waals surface area contributed by atoms with E-state index in [0.717, 1.165) is 4.88 Å². The molecule has 0 aliphatic rings. The molecule has 0 unspecified atom stereocenters. The van der Waals surface area contributed by atoms with Crippen molar-refractivity contribution in [2.24, 2.45) is 0 Å². The monoisotopic (exact) mass is 307 g/mol. The zero-order chi connectivity index (χ0) is 14.8. The predicted molar refractivity (Wildman–Crippen MR) is 78.5 cm³/mol. The molecule has 0 saturated carbocycles. The number of nitrogens with zero attached hydrogens (tertiary/aromatic N) is 2. The van der Waals surface area contributed by atoms with Crippen LogP contribution in [0.4, 0.5) is 5.69 Å². The first kappa shape index (κ1) is 14.5. The summed E-state index contributed by atoms with van der Waals surface area (Å²) in [4.78, 5) is 0.971. The Morgan fingerprint density at radius 1 is 1.40 bits per heavy atom. The molecule has 2 N–H and O–H groups in total. The second-order valence-corrected chi connectivity index (χ2v) is 7.25. The maximum absolute atomic E-state index is 12.4. The maximum atomic E-state index is 12.4. The molecule has 0 amide bonds. The molecule has 0 saturated heterocycles. The standard InChI is InChI=1S/C13H13N3O2S2/c1-16(9-11-3-2-6-19-11)20(17,18)13-5-4-10(8-14)7-12(13)15/h2-7H,9,15H2,1H3. The summed E-state index contributed by atoms with van der Waals surface area (Å²) in [5, 5.41) is 10.7. The summed E-state index contributed by atoms with van der Waals surface area (Å²) in [6.07, 6.45) is 0. The SMILES string of the molecule is CN(Cc1cccs1)S(=O)(=O)c1ccc(C#N)cc1N. The average Bonchev–Trinajstić information content (AvgIpc) is 2.91. The normalized spacial score (nSPS) is 11.4. The Balaban J connectivity index is 2.33. The van der Waals surface area contributed by atoms with Crippen LogP contribution in [-0.2, 0) is 16.6 Å². The van der Waals surface area contributed by atoms with Crippen LogP contribution in [0.1, 0.15) is 10.4 Å². The van der Waals surface area contributed by atoms with Crippen LogP contribution in [0.25, 0.3) is 0 Å². The van der Waals surface area contributed by atoms with Crippen molar-refractivity contribution in [1.29, 1.82) is 5.26 Å². The molecule has 0 aliphatic carbocycles. The minimum Gasteiger partial charge on any atom is -0.398 e. The largest absolute Gasteiger partial charge is 0.398 e. The minimum atomic E-state index is -3.67. The molecule has 1 heterocycles. The van der Waals surface area contributed by atoms with Gasteiger partial charge < -0.3 is 5.73 Å². The third-order valence-corrected chi connectivity index (χ3v) is 5.52. The third-order valence-electron chi connectivity index (χ3n) is 2.79. The third kappa shape index (κ3) is 2.82. The van der Waals surface area contributed by atoms with E-state index >= 15 is 0 Å². The van der Waals surface area contributed by atoms with Crippen molar-refractivity contribution >= 4 is 27.0 Å². The van der Waals surface area contributed by atoms with E-state index in [0.29, 0.717) is 12.1 Å². The highest BCUT2D eigenvalue weighted by Gasteiger charge is 2.23. The number of thiophene rings is 1. The highest BCUT2D eigenvalue weighted by Crippen LogP contribution is 2.24. The van der Waals surface area contributed by atoms with Crippen LogP contribution in [0.2, 0.25) is 0 Å². The lowest BCUT2D eigenvalue weighted by atomic mass is 10.2. The molecule has 7 heteroatoms. The number of benzene rings is 1. The lowest BCUT2D eigenvalue weighted by Gasteiger charge is -2.17. The van der Waals surface area contributed by atoms with Gasteiger partial charge in [0.05, 0.1) is 17.3 Å². The smallest absolute Gasteiger partial charge is 0.245 e. The summed E-state index contributed by atoms with van der Waals surface area (Å²) >= 11 is 1.49. The van der Waals surface area contributed by atoms with E-state index in [4.69, 9.17) is 11.0 Å². The molecule has 5 nitrogen and oxygen atoms in total. The van der Waals surface area contributed by atoms with E-state index in [2.05, 4.69) is 0 Å². The van der Waals surface area contributed by atoms with Crippen LogP contribution < -0.4 is 5.73 Å². The van der Waals surface area contributed by atoms with Crippen molar-refractivity contribution in [3.8, 4) is 6.07 Å². The zero-order valence-corrected chi connectivity index (χ0v) is 12.4. The van der Waals surface area contributed by atoms with Gasteiger partial charge >= 0.3 is 0 Å². The molecular weight excluding hydrogens is 294 g/mol. The van der Waals surface area contributed by atoms with Crippen molar-refractivity contribution in [2.75, 3.05) is 12.8 Å². The summed E-state index contributed by atoms with van der Waals surface area (Å²) in [5.41, 5.74) is 6.16. The Morgan fingerprint density at radius 2 is 2.15 bits per heavy atom. The summed E-state index contributed by atoms with van der Waals surface area (Å²) in [6.45, 7) is 0.291. The van der Waals surface area contributed by atoms with Gasteiger partial charge in [0.2, 0.25) is 10.0 Å². The molecule has 0 radical (unpaired) electrons. The van der Waals surface area contributed by atoms with Gasteiger partial charge in [-0.05, 0) is 29.6 Å². The van der Waals surface area contributed by atoms with Crippen molar-refractivity contribution < 1.29 is 8.42 Å². The van der Waals surface area contributed by atoms with Gasteiger partial charge in [-0.2, -0.15) is 9.57 Å². The Bertz CT molecular complexity index is 746. The van der Waals surface area contributed by atoms with Crippen molar-refractivity contribution in [3.05, 3.63) is 46.2 Å². The highest BCUT2D eigenvalue weighted by atomic mass is 32.2. The van der Waals surface area contributed by atoms with Crippen LogP contribution in [0.15, 0.2) is 40.6 Å². The van der Waals surface area contributed by atoms with Crippen molar-refractivity contribution in [1.82, 2.24) is 4.31 Å². The molecule has 20 heavy (non-hydrogen) atoms. The summed E-state index contributed by atoms with van der Waals surface area (Å²) in [6, 6.07) is 9.85. The van der Waals surface area contributed by atoms with E-state index in [1.807, 2.05) is 23.6 Å². The molecule has 0 aliphatic heterocycles. The second kappa shape index (κ2) is 5.63. The van der Waals surface area contributed by atoms with E-state index < -0.39 is 10.0 Å². The minimum absolute atomic E-state index is 0.0237. The lowest BCUT2D eigenvalue weighted by Crippen LogP contribution is -2.26. The van der Waals surface area contributed by atoms with Gasteiger partial charge in [-0.3, -0.25) is 0 Å². The van der Waals surface area contributed by atoms with Gasteiger partial charge in [0.15, 0.2) is 0 Å². The van der Waals surface area contributed by atoms with Gasteiger partial charge in [0, 0.05) is 18.5 Å². The summed E-state index contributed by atoms with van der Waals surface area (Å²) in [5.74, 6) is 0. The number of sulfonamides is 1. The fourth-order valence-electron chi connectivity index (χ4n) is 1.73. The van der Waals surface area contributed by atoms with E-state index in [-0.39, 0.29) is 10.6 Å². The average molecular weight is 307 g/mol. The second-order valence-electron chi connectivity index (χ2n) is 4.20. The number of rotatable bonds is 4. The van der Waals surface area contributed by atoms with E-state index in [1.165, 1.54) is 40.9 Å². The fraction of sp³-hybridized carbons (Fsp3) is 0.154. The number of hydrogen-bond acceptors (Lipinski definition) is 5. The Labute approximate surface area is 121 Å². The molecule has 1 aromatic heterocycles. The molecule has 0 bridgehead atoms. The number of anilines is 1. The van der Waals surface area contributed by atoms with Crippen molar-refractivity contribution in [2.45, 2.75) is 11.4 Å². The molecule has 2 rings (SSSR count). The van der Waals surface area contributed by atoms with Crippen LogP contribution in [0, 0.1) is 11.3 Å². The van der Waals surface area contributed by atoms with E-state index in [9.17, 15) is 8.42 Å². The molecule has 0 fully saturated rings. The first-order chi connectivity index (χ1) is 9.45. The fourth-order valence-corrected chi connectivity index (χ4v) is 3.81. The van der Waals surface area contributed by atoms with Crippen LogP contribution in [-0.4, -0.2) is 19.8 Å². The van der Waals surface area contributed by atoms with Crippen LogP contribution in [0.3, 0.4) is 0 Å². The molecule has 1 aromatic carbocycles. The lowest BCUT2D eigenvalue weighted by molar-refractivity contribution is 0.470. The van der Waals surface area contributed by atoms with Gasteiger partial charge in [0.1, 0.15) is 4.90 Å². The predicted octanol–water partition coefficient (Wildman–Crippen LogP) is 2.02. The molecule has 0 spiro atoms. The Hall–Kier alpha value is -1.88. The first-order valence-electron chi connectivity index (χ1n) is 5.73. The molecule has 2 aromatic rings. The maximum Gasteiger partial charge on any atom is 0.245 e. The molecular formula is C13H13N3O2S2. The van der Waals surface area contributed by atoms with Gasteiger partial charge in [-0.25, -0.2) is 8.42 Å². The summed E-state index contributed by atoms with van der Waals surface area (Å²) < 4.78 is 26.1. The number of nitrogens with two attached hydrogens (primary N) is 1. The molecule has 0 atom stereocenters. The number of nitrogen functional groups attached to an aromatic ring is 1. The van der Waals surface area contributed by atoms with Gasteiger partial charge in [0.25, 0.3) is 0 Å². The number of hydrogen-bond donors (Lipinski definition) is 1. The van der Waals surface area contributed by atoms with Gasteiger partial charge in [-0.15, -0.1) is 11.3 Å². The quantitative estimate of drug-likeness (QED) is 0.875. The highest BCUT2D eigenvalue weighted by molar-refractivity contribution is 7.89. The van der Waals surface area contributed by atoms with Crippen LogP contribution in [0.5, 0.6) is 0 Å². The number of nitriles is 1. The molecule has 104 valence electrons. The van der Waals surface area contributed by atoms with E-state index in [1.54, 1.807) is 0 Å². The Kier molecular flexibility index (Phi) is 4.09. The zero-order valence-electron chi connectivity index (χ0n) is 10.8. The first-order valence-corrected chi connectivity index (χ1v) is 8.05. The summed E-state index contributed by atoms with van der Waals surface area (Å²) in [7, 11) is -2.16. The van der Waals surface area contributed by atoms with Crippen LogP contribution >= 0.6 is 11.3 Å². The van der Waals surface area contributed by atoms with Crippen molar-refractivity contribution in [3.63, 3.8) is 0 Å². The Morgan fingerprint density at radius 3 is 2.70 bits per heavy atom. The topological polar surface area (TPSA) is 87.2 Å².